The van der Waals surface area contributed by atoms with E-state index in [4.69, 9.17) is 0 Å². The minimum absolute atomic E-state index is 0.0403. The van der Waals surface area contributed by atoms with Crippen molar-refractivity contribution in [3.63, 3.8) is 0 Å². The number of nitrogens with zero attached hydrogens (tertiary/aromatic N) is 1. The van der Waals surface area contributed by atoms with Gasteiger partial charge in [-0.05, 0) is 25.2 Å². The van der Waals surface area contributed by atoms with E-state index in [1.54, 1.807) is 0 Å². The van der Waals surface area contributed by atoms with Gasteiger partial charge in [-0.2, -0.15) is 0 Å². The molecule has 1 aliphatic heterocycles. The predicted molar refractivity (Wildman–Crippen MR) is 76.2 cm³/mol. The molecule has 1 fully saturated rings. The smallest absolute Gasteiger partial charge is 0.241 e. The minimum atomic E-state index is 0.0403. The van der Waals surface area contributed by atoms with Crippen molar-refractivity contribution in [1.82, 2.24) is 10.2 Å². The van der Waals surface area contributed by atoms with Gasteiger partial charge in [0.05, 0.1) is 12.2 Å². The van der Waals surface area contributed by atoms with Crippen molar-refractivity contribution in [2.24, 2.45) is 11.8 Å². The van der Waals surface area contributed by atoms with Gasteiger partial charge in [-0.3, -0.25) is 10.1 Å². The Bertz CT molecular complexity index is 276. The Hall–Kier alpha value is -0.570. The zero-order valence-electron chi connectivity index (χ0n) is 12.9. The SMILES string of the molecule is CCCCC1NC(C(C)C)N(C(C)C(C)C)C1=O. The monoisotopic (exact) mass is 254 g/mol. The first-order valence-electron chi connectivity index (χ1n) is 7.48. The van der Waals surface area contributed by atoms with Crippen LogP contribution in [-0.2, 0) is 4.79 Å². The first-order valence-corrected chi connectivity index (χ1v) is 7.48. The van der Waals surface area contributed by atoms with Gasteiger partial charge in [0.15, 0.2) is 0 Å². The van der Waals surface area contributed by atoms with Gasteiger partial charge in [0.1, 0.15) is 0 Å². The fourth-order valence-electron chi connectivity index (χ4n) is 2.58. The summed E-state index contributed by atoms with van der Waals surface area (Å²) in [6.07, 6.45) is 3.45. The lowest BCUT2D eigenvalue weighted by atomic mass is 10.0. The Morgan fingerprint density at radius 2 is 1.83 bits per heavy atom. The van der Waals surface area contributed by atoms with Crippen LogP contribution < -0.4 is 5.32 Å². The number of rotatable bonds is 6. The summed E-state index contributed by atoms with van der Waals surface area (Å²) in [5.41, 5.74) is 0. The summed E-state index contributed by atoms with van der Waals surface area (Å²) in [4.78, 5) is 14.6. The van der Waals surface area contributed by atoms with Crippen molar-refractivity contribution in [2.75, 3.05) is 0 Å². The van der Waals surface area contributed by atoms with Gasteiger partial charge in [-0.15, -0.1) is 0 Å². The zero-order chi connectivity index (χ0) is 13.9. The molecule has 3 nitrogen and oxygen atoms in total. The second kappa shape index (κ2) is 6.55. The summed E-state index contributed by atoms with van der Waals surface area (Å²) in [5, 5.41) is 3.54. The third-order valence-electron chi connectivity index (χ3n) is 4.11. The van der Waals surface area contributed by atoms with Crippen molar-refractivity contribution in [3.8, 4) is 0 Å². The molecule has 0 spiro atoms. The third-order valence-corrected chi connectivity index (χ3v) is 4.11. The molecular weight excluding hydrogens is 224 g/mol. The van der Waals surface area contributed by atoms with E-state index in [1.165, 1.54) is 0 Å². The predicted octanol–water partition coefficient (Wildman–Crippen LogP) is 3.00. The molecule has 0 bridgehead atoms. The van der Waals surface area contributed by atoms with Gasteiger partial charge in [-0.25, -0.2) is 0 Å². The lowest BCUT2D eigenvalue weighted by Crippen LogP contribution is -2.48. The maximum Gasteiger partial charge on any atom is 0.241 e. The number of nitrogens with one attached hydrogen (secondary N) is 1. The number of carbonyl (C=O) groups excluding carboxylic acids is 1. The molecule has 0 saturated carbocycles. The second-order valence-corrected chi connectivity index (χ2v) is 6.28. The maximum absolute atomic E-state index is 12.5. The molecule has 1 heterocycles. The van der Waals surface area contributed by atoms with Crippen LogP contribution in [0.5, 0.6) is 0 Å². The van der Waals surface area contributed by atoms with Crippen LogP contribution in [0.4, 0.5) is 0 Å². The fourth-order valence-corrected chi connectivity index (χ4v) is 2.58. The Morgan fingerprint density at radius 3 is 2.28 bits per heavy atom. The molecule has 3 atom stereocenters. The highest BCUT2D eigenvalue weighted by molar-refractivity contribution is 5.84. The maximum atomic E-state index is 12.5. The quantitative estimate of drug-likeness (QED) is 0.790. The normalized spacial score (nSPS) is 26.4. The van der Waals surface area contributed by atoms with Gasteiger partial charge in [0, 0.05) is 6.04 Å². The fraction of sp³-hybridized carbons (Fsp3) is 0.933. The van der Waals surface area contributed by atoms with E-state index in [0.717, 1.165) is 19.3 Å². The molecule has 18 heavy (non-hydrogen) atoms. The van der Waals surface area contributed by atoms with E-state index in [1.807, 2.05) is 0 Å². The highest BCUT2D eigenvalue weighted by Crippen LogP contribution is 2.25. The Balaban J connectivity index is 2.81. The van der Waals surface area contributed by atoms with E-state index in [2.05, 4.69) is 51.8 Å². The van der Waals surface area contributed by atoms with E-state index in [9.17, 15) is 4.79 Å². The van der Waals surface area contributed by atoms with E-state index < -0.39 is 0 Å². The molecular formula is C15H30N2O. The minimum Gasteiger partial charge on any atom is -0.323 e. The average Bonchev–Trinajstić information content (AvgIpc) is 2.63. The van der Waals surface area contributed by atoms with Crippen LogP contribution in [0.15, 0.2) is 0 Å². The molecule has 0 radical (unpaired) electrons. The summed E-state index contributed by atoms with van der Waals surface area (Å²) in [7, 11) is 0. The summed E-state index contributed by atoms with van der Waals surface area (Å²) in [6.45, 7) is 13.1. The van der Waals surface area contributed by atoms with Crippen LogP contribution in [0.1, 0.15) is 60.8 Å². The Labute approximate surface area is 112 Å². The summed E-state index contributed by atoms with van der Waals surface area (Å²) in [5.74, 6) is 1.27. The number of hydrogen-bond donors (Lipinski definition) is 1. The van der Waals surface area contributed by atoms with Crippen LogP contribution in [0.2, 0.25) is 0 Å². The standard InChI is InChI=1S/C15H30N2O/c1-7-8-9-13-15(18)17(12(6)10(2)3)14(16-13)11(4)5/h10-14,16H,7-9H2,1-6H3. The lowest BCUT2D eigenvalue weighted by molar-refractivity contribution is -0.133. The van der Waals surface area contributed by atoms with Crippen molar-refractivity contribution in [1.29, 1.82) is 0 Å². The molecule has 1 aliphatic rings. The molecule has 106 valence electrons. The van der Waals surface area contributed by atoms with Crippen LogP contribution in [0, 0.1) is 11.8 Å². The summed E-state index contributed by atoms with van der Waals surface area (Å²) >= 11 is 0. The zero-order valence-corrected chi connectivity index (χ0v) is 12.9. The van der Waals surface area contributed by atoms with Crippen LogP contribution in [-0.4, -0.2) is 29.1 Å². The van der Waals surface area contributed by atoms with E-state index in [0.29, 0.717) is 23.8 Å². The Kier molecular flexibility index (Phi) is 5.64. The number of hydrogen-bond acceptors (Lipinski definition) is 2. The molecule has 0 aromatic heterocycles. The van der Waals surface area contributed by atoms with Gasteiger partial charge in [0.25, 0.3) is 0 Å². The third kappa shape index (κ3) is 3.25. The van der Waals surface area contributed by atoms with Gasteiger partial charge in [-0.1, -0.05) is 47.5 Å². The number of carbonyl (C=O) groups is 1. The summed E-state index contributed by atoms with van der Waals surface area (Å²) in [6, 6.07) is 0.350. The molecule has 1 saturated heterocycles. The van der Waals surface area contributed by atoms with E-state index >= 15 is 0 Å². The molecule has 3 heteroatoms. The molecule has 1 amide bonds. The Morgan fingerprint density at radius 1 is 1.22 bits per heavy atom. The van der Waals surface area contributed by atoms with Crippen molar-refractivity contribution in [3.05, 3.63) is 0 Å². The van der Waals surface area contributed by atoms with Gasteiger partial charge < -0.3 is 4.90 Å². The van der Waals surface area contributed by atoms with Crippen molar-refractivity contribution < 1.29 is 4.79 Å². The highest BCUT2D eigenvalue weighted by atomic mass is 16.2. The topological polar surface area (TPSA) is 32.3 Å². The summed E-state index contributed by atoms with van der Waals surface area (Å²) < 4.78 is 0. The molecule has 0 aliphatic carbocycles. The first kappa shape index (κ1) is 15.5. The number of amides is 1. The number of unbranched alkanes of at least 4 members (excludes halogenated alkanes) is 1. The van der Waals surface area contributed by atoms with Gasteiger partial charge in [0.2, 0.25) is 5.91 Å². The van der Waals surface area contributed by atoms with Crippen molar-refractivity contribution >= 4 is 5.91 Å². The molecule has 0 aromatic carbocycles. The van der Waals surface area contributed by atoms with Crippen LogP contribution >= 0.6 is 0 Å². The van der Waals surface area contributed by atoms with Crippen molar-refractivity contribution in [2.45, 2.75) is 79.1 Å². The first-order chi connectivity index (χ1) is 8.40. The molecule has 3 unspecified atom stereocenters. The van der Waals surface area contributed by atoms with Crippen LogP contribution in [0.3, 0.4) is 0 Å². The van der Waals surface area contributed by atoms with E-state index in [-0.39, 0.29) is 12.2 Å². The second-order valence-electron chi connectivity index (χ2n) is 6.28. The average molecular weight is 254 g/mol. The largest absolute Gasteiger partial charge is 0.323 e. The molecule has 1 N–H and O–H groups in total. The van der Waals surface area contributed by atoms with Gasteiger partial charge >= 0.3 is 0 Å². The molecule has 1 rings (SSSR count). The molecule has 0 aromatic rings. The lowest BCUT2D eigenvalue weighted by Gasteiger charge is -2.34. The highest BCUT2D eigenvalue weighted by Gasteiger charge is 2.42. The van der Waals surface area contributed by atoms with Crippen LogP contribution in [0.25, 0.3) is 0 Å².